The Labute approximate surface area is 183 Å². The third-order valence-corrected chi connectivity index (χ3v) is 12.8. The minimum absolute atomic E-state index is 0.0732. The van der Waals surface area contributed by atoms with Gasteiger partial charge >= 0.3 is 0 Å². The molecule has 4 atom stereocenters. The molecule has 0 spiro atoms. The van der Waals surface area contributed by atoms with E-state index in [0.717, 1.165) is 30.4 Å². The number of phenols is 1. The van der Waals surface area contributed by atoms with Gasteiger partial charge in [0.05, 0.1) is 18.3 Å². The molecule has 1 saturated carbocycles. The molecule has 30 heavy (non-hydrogen) atoms. The number of rotatable bonds is 6. The van der Waals surface area contributed by atoms with Crippen LogP contribution in [-0.2, 0) is 10.8 Å². The van der Waals surface area contributed by atoms with Crippen molar-refractivity contribution >= 4 is 8.32 Å². The fourth-order valence-corrected chi connectivity index (χ4v) is 6.72. The van der Waals surface area contributed by atoms with Crippen molar-refractivity contribution < 1.29 is 19.7 Å². The number of benzene rings is 1. The molecule has 0 amide bonds. The van der Waals surface area contributed by atoms with Crippen LogP contribution in [0.3, 0.4) is 0 Å². The van der Waals surface area contributed by atoms with Crippen LogP contribution in [0.4, 0.5) is 0 Å². The number of aryl methyl sites for hydroxylation is 1. The van der Waals surface area contributed by atoms with Gasteiger partial charge in [0.15, 0.2) is 8.32 Å². The summed E-state index contributed by atoms with van der Waals surface area (Å²) in [5, 5.41) is 31.7. The van der Waals surface area contributed by atoms with E-state index in [1.807, 2.05) is 12.1 Å². The van der Waals surface area contributed by atoms with Crippen molar-refractivity contribution in [2.24, 2.45) is 11.3 Å². The largest absolute Gasteiger partial charge is 0.508 e. The number of hydrogen-bond donors (Lipinski definition) is 3. The van der Waals surface area contributed by atoms with E-state index in [1.54, 1.807) is 12.1 Å². The smallest absolute Gasteiger partial charge is 0.192 e. The zero-order valence-electron chi connectivity index (χ0n) is 19.5. The summed E-state index contributed by atoms with van der Waals surface area (Å²) in [4.78, 5) is 0. The van der Waals surface area contributed by atoms with Crippen LogP contribution >= 0.6 is 0 Å². The molecular formula is C25H40O4Si. The summed E-state index contributed by atoms with van der Waals surface area (Å²) < 4.78 is 6.88. The molecule has 168 valence electrons. The lowest BCUT2D eigenvalue weighted by Gasteiger charge is -2.51. The Morgan fingerprint density at radius 3 is 2.33 bits per heavy atom. The first-order chi connectivity index (χ1) is 13.8. The first kappa shape index (κ1) is 23.5. The molecule has 2 aliphatic carbocycles. The molecule has 5 heteroatoms. The molecule has 1 fully saturated rings. The molecule has 0 heterocycles. The van der Waals surface area contributed by atoms with Gasteiger partial charge in [0.1, 0.15) is 5.75 Å². The van der Waals surface area contributed by atoms with E-state index in [-0.39, 0.29) is 34.8 Å². The molecule has 4 nitrogen and oxygen atoms in total. The predicted molar refractivity (Wildman–Crippen MR) is 124 cm³/mol. The van der Waals surface area contributed by atoms with E-state index in [1.165, 1.54) is 0 Å². The van der Waals surface area contributed by atoms with Gasteiger partial charge < -0.3 is 19.7 Å². The number of aliphatic hydroxyl groups is 2. The summed E-state index contributed by atoms with van der Waals surface area (Å²) in [6.07, 6.45) is 6.20. The molecule has 0 radical (unpaired) electrons. The standard InChI is InChI=1S/C25H40O4Si/c1-23(2,3)30(5,6)29-22-12-11-21-24(22,4)15-14-19(17-26)25(21,28)16-13-18-7-9-20(27)10-8-18/h7-10,14,21-22,26-28H,11-13,15-17H2,1-6H3/t21-,22+,24+,25-/m1/s1. The summed E-state index contributed by atoms with van der Waals surface area (Å²) in [6.45, 7) is 13.6. The van der Waals surface area contributed by atoms with E-state index in [0.29, 0.717) is 12.8 Å². The second-order valence-electron chi connectivity index (χ2n) is 11.2. The zero-order chi connectivity index (χ0) is 22.4. The van der Waals surface area contributed by atoms with Gasteiger partial charge in [-0.05, 0) is 79.4 Å². The Morgan fingerprint density at radius 2 is 1.77 bits per heavy atom. The van der Waals surface area contributed by atoms with Gasteiger partial charge in [0.2, 0.25) is 0 Å². The molecule has 2 aliphatic rings. The molecule has 0 unspecified atom stereocenters. The maximum Gasteiger partial charge on any atom is 0.192 e. The number of fused-ring (bicyclic) bond motifs is 1. The lowest BCUT2D eigenvalue weighted by molar-refractivity contribution is -0.0749. The van der Waals surface area contributed by atoms with Crippen molar-refractivity contribution in [2.75, 3.05) is 6.61 Å². The number of aromatic hydroxyl groups is 1. The van der Waals surface area contributed by atoms with Crippen LogP contribution in [0.1, 0.15) is 58.9 Å². The fraction of sp³-hybridized carbons (Fsp3) is 0.680. The lowest BCUT2D eigenvalue weighted by atomic mass is 9.60. The fourth-order valence-electron chi connectivity index (χ4n) is 5.26. The van der Waals surface area contributed by atoms with Crippen molar-refractivity contribution in [1.29, 1.82) is 0 Å². The van der Waals surface area contributed by atoms with Crippen LogP contribution in [0.5, 0.6) is 5.75 Å². The van der Waals surface area contributed by atoms with Crippen molar-refractivity contribution in [3.8, 4) is 5.75 Å². The molecule has 1 aromatic carbocycles. The molecule has 0 aliphatic heterocycles. The lowest BCUT2D eigenvalue weighted by Crippen LogP contribution is -2.54. The SMILES string of the molecule is CC(C)(C)[Si](C)(C)O[C@H]1CC[C@@H]2[C@]1(C)CC=C(CO)[C@]2(O)CCc1ccc(O)cc1. The van der Waals surface area contributed by atoms with Gasteiger partial charge in [-0.2, -0.15) is 0 Å². The maximum absolute atomic E-state index is 11.9. The monoisotopic (exact) mass is 432 g/mol. The first-order valence-corrected chi connectivity index (χ1v) is 14.2. The van der Waals surface area contributed by atoms with Crippen LogP contribution in [0, 0.1) is 11.3 Å². The average Bonchev–Trinajstić information content (AvgIpc) is 2.98. The highest BCUT2D eigenvalue weighted by molar-refractivity contribution is 6.74. The predicted octanol–water partition coefficient (Wildman–Crippen LogP) is 5.19. The number of phenolic OH excluding ortho intramolecular Hbond substituents is 1. The maximum atomic E-state index is 11.9. The second kappa shape index (κ2) is 8.08. The van der Waals surface area contributed by atoms with Gasteiger partial charge in [-0.3, -0.25) is 0 Å². The van der Waals surface area contributed by atoms with Crippen LogP contribution < -0.4 is 0 Å². The Bertz CT molecular complexity index is 779. The third-order valence-electron chi connectivity index (χ3n) is 8.31. The molecule has 1 aromatic rings. The summed E-state index contributed by atoms with van der Waals surface area (Å²) in [5.74, 6) is 0.323. The van der Waals surface area contributed by atoms with Crippen molar-refractivity contribution in [3.63, 3.8) is 0 Å². The topological polar surface area (TPSA) is 69.9 Å². The van der Waals surface area contributed by atoms with Gasteiger partial charge in [-0.1, -0.05) is 45.9 Å². The highest BCUT2D eigenvalue weighted by atomic mass is 28.4. The molecule has 3 rings (SSSR count). The minimum atomic E-state index is -1.92. The van der Waals surface area contributed by atoms with Crippen LogP contribution in [-0.4, -0.2) is 41.9 Å². The van der Waals surface area contributed by atoms with Gasteiger partial charge in [-0.25, -0.2) is 0 Å². The Hall–Kier alpha value is -1.14. The first-order valence-electron chi connectivity index (χ1n) is 11.3. The summed E-state index contributed by atoms with van der Waals surface area (Å²) in [6, 6.07) is 7.18. The van der Waals surface area contributed by atoms with Crippen LogP contribution in [0.2, 0.25) is 18.1 Å². The molecular weight excluding hydrogens is 392 g/mol. The third kappa shape index (κ3) is 4.14. The summed E-state index contributed by atoms with van der Waals surface area (Å²) in [5.41, 5.74) is 0.692. The molecule has 0 bridgehead atoms. The Balaban J connectivity index is 1.85. The normalized spacial score (nSPS) is 32.1. The number of allylic oxidation sites excluding steroid dienone is 1. The molecule has 0 aromatic heterocycles. The van der Waals surface area contributed by atoms with Crippen molar-refractivity contribution in [1.82, 2.24) is 0 Å². The van der Waals surface area contributed by atoms with Crippen LogP contribution in [0.15, 0.2) is 35.9 Å². The van der Waals surface area contributed by atoms with Gasteiger partial charge in [0, 0.05) is 5.41 Å². The molecule has 3 N–H and O–H groups in total. The number of hydrogen-bond acceptors (Lipinski definition) is 4. The quantitative estimate of drug-likeness (QED) is 0.428. The summed E-state index contributed by atoms with van der Waals surface area (Å²) in [7, 11) is -1.92. The van der Waals surface area contributed by atoms with E-state index < -0.39 is 13.9 Å². The Morgan fingerprint density at radius 1 is 1.13 bits per heavy atom. The van der Waals surface area contributed by atoms with E-state index >= 15 is 0 Å². The molecule has 0 saturated heterocycles. The van der Waals surface area contributed by atoms with Crippen molar-refractivity contribution in [3.05, 3.63) is 41.5 Å². The van der Waals surface area contributed by atoms with E-state index in [2.05, 4.69) is 46.9 Å². The Kier molecular flexibility index (Phi) is 6.34. The van der Waals surface area contributed by atoms with Gasteiger partial charge in [0.25, 0.3) is 0 Å². The highest BCUT2D eigenvalue weighted by Gasteiger charge is 2.59. The second-order valence-corrected chi connectivity index (χ2v) is 15.9. The van der Waals surface area contributed by atoms with Crippen molar-refractivity contribution in [2.45, 2.75) is 89.6 Å². The van der Waals surface area contributed by atoms with Crippen LogP contribution in [0.25, 0.3) is 0 Å². The summed E-state index contributed by atoms with van der Waals surface area (Å²) >= 11 is 0. The van der Waals surface area contributed by atoms with E-state index in [4.69, 9.17) is 4.43 Å². The highest BCUT2D eigenvalue weighted by Crippen LogP contribution is 2.58. The number of aliphatic hydroxyl groups excluding tert-OH is 1. The van der Waals surface area contributed by atoms with E-state index in [9.17, 15) is 15.3 Å². The van der Waals surface area contributed by atoms with Gasteiger partial charge in [-0.15, -0.1) is 0 Å². The zero-order valence-corrected chi connectivity index (χ0v) is 20.5. The average molecular weight is 433 g/mol. The minimum Gasteiger partial charge on any atom is -0.508 e.